The van der Waals surface area contributed by atoms with Crippen LogP contribution in [-0.2, 0) is 0 Å². The Labute approximate surface area is 72.1 Å². The number of hydrogen-bond donors (Lipinski definition) is 0. The first-order valence-electron chi connectivity index (χ1n) is 4.31. The molecule has 0 rings (SSSR count). The maximum atomic E-state index is 3.80. The Kier molecular flexibility index (Phi) is 4.69. The second kappa shape index (κ2) is 4.73. The van der Waals surface area contributed by atoms with Gasteiger partial charge in [-0.05, 0) is 25.8 Å². The van der Waals surface area contributed by atoms with Crippen LogP contribution in [0.4, 0.5) is 0 Å². The van der Waals surface area contributed by atoms with E-state index in [0.717, 1.165) is 6.54 Å². The maximum absolute atomic E-state index is 3.80. The molecule has 0 aliphatic carbocycles. The number of hydrogen-bond acceptors (Lipinski definition) is 1. The highest BCUT2D eigenvalue weighted by Crippen LogP contribution is 2.10. The molecule has 0 saturated heterocycles. The van der Waals surface area contributed by atoms with Crippen LogP contribution in [0.5, 0.6) is 0 Å². The third-order valence-electron chi connectivity index (χ3n) is 1.93. The number of rotatable bonds is 5. The van der Waals surface area contributed by atoms with E-state index in [-0.39, 0.29) is 0 Å². The fourth-order valence-electron chi connectivity index (χ4n) is 1.30. The Balaban J connectivity index is 3.79. The van der Waals surface area contributed by atoms with Gasteiger partial charge in [-0.2, -0.15) is 0 Å². The minimum absolute atomic E-state index is 0.979. The van der Waals surface area contributed by atoms with Gasteiger partial charge in [0, 0.05) is 0 Å². The molecule has 0 aliphatic rings. The molecule has 0 heterocycles. The minimum atomic E-state index is -0.979. The SMILES string of the molecule is C=CC[Si](C)(C)CN(C)CC. The molecule has 0 atom stereocenters. The van der Waals surface area contributed by atoms with Crippen LogP contribution in [0.1, 0.15) is 6.92 Å². The first-order valence-corrected chi connectivity index (χ1v) is 7.72. The molecule has 0 aliphatic heterocycles. The van der Waals surface area contributed by atoms with E-state index < -0.39 is 8.07 Å². The van der Waals surface area contributed by atoms with Gasteiger partial charge >= 0.3 is 0 Å². The molecule has 66 valence electrons. The molecule has 0 amide bonds. The summed E-state index contributed by atoms with van der Waals surface area (Å²) in [5, 5.41) is 0. The highest BCUT2D eigenvalue weighted by molar-refractivity contribution is 6.77. The summed E-state index contributed by atoms with van der Waals surface area (Å²) in [6.45, 7) is 12.0. The van der Waals surface area contributed by atoms with Gasteiger partial charge in [-0.15, -0.1) is 6.58 Å². The smallest absolute Gasteiger partial charge is 0.0666 e. The molecule has 2 heteroatoms. The van der Waals surface area contributed by atoms with Crippen molar-refractivity contribution in [1.82, 2.24) is 4.90 Å². The quantitative estimate of drug-likeness (QED) is 0.453. The van der Waals surface area contributed by atoms with Crippen molar-refractivity contribution in [2.75, 3.05) is 19.8 Å². The Morgan fingerprint density at radius 2 is 2.00 bits per heavy atom. The molecule has 0 aromatic carbocycles. The predicted octanol–water partition coefficient (Wildman–Crippen LogP) is 2.37. The third kappa shape index (κ3) is 5.22. The van der Waals surface area contributed by atoms with Crippen LogP contribution >= 0.6 is 0 Å². The van der Waals surface area contributed by atoms with Gasteiger partial charge in [0.1, 0.15) is 0 Å². The monoisotopic (exact) mass is 171 g/mol. The summed E-state index contributed by atoms with van der Waals surface area (Å²) in [7, 11) is 1.21. The summed E-state index contributed by atoms with van der Waals surface area (Å²) in [5.41, 5.74) is 0. The van der Waals surface area contributed by atoms with Gasteiger partial charge in [-0.1, -0.05) is 26.1 Å². The minimum Gasteiger partial charge on any atom is -0.309 e. The normalized spacial score (nSPS) is 12.1. The molecular formula is C9H21NSi. The Bertz CT molecular complexity index is 121. The van der Waals surface area contributed by atoms with E-state index >= 15 is 0 Å². The Morgan fingerprint density at radius 3 is 2.36 bits per heavy atom. The summed E-state index contributed by atoms with van der Waals surface area (Å²) in [5.74, 6) is 0. The van der Waals surface area contributed by atoms with E-state index in [4.69, 9.17) is 0 Å². The van der Waals surface area contributed by atoms with E-state index in [1.807, 2.05) is 0 Å². The predicted molar refractivity (Wildman–Crippen MR) is 55.7 cm³/mol. The lowest BCUT2D eigenvalue weighted by molar-refractivity contribution is 0.404. The van der Waals surface area contributed by atoms with Crippen molar-refractivity contribution in [1.29, 1.82) is 0 Å². The first kappa shape index (κ1) is 10.9. The van der Waals surface area contributed by atoms with Gasteiger partial charge in [0.25, 0.3) is 0 Å². The van der Waals surface area contributed by atoms with Crippen LogP contribution in [0.25, 0.3) is 0 Å². The summed E-state index contributed by atoms with van der Waals surface area (Å²) in [4.78, 5) is 2.40. The van der Waals surface area contributed by atoms with Crippen LogP contribution in [0.3, 0.4) is 0 Å². The molecule has 0 N–H and O–H groups in total. The standard InChI is InChI=1S/C9H21NSi/c1-6-8-11(4,5)9-10(3)7-2/h6H,1,7-9H2,2-5H3. The molecule has 0 spiro atoms. The lowest BCUT2D eigenvalue weighted by Crippen LogP contribution is -2.40. The van der Waals surface area contributed by atoms with E-state index in [0.29, 0.717) is 0 Å². The zero-order chi connectivity index (χ0) is 8.91. The van der Waals surface area contributed by atoms with Crippen LogP contribution in [-0.4, -0.2) is 32.7 Å². The Hall–Kier alpha value is -0.0831. The first-order chi connectivity index (χ1) is 5.02. The fourth-order valence-corrected chi connectivity index (χ4v) is 3.89. The van der Waals surface area contributed by atoms with Gasteiger partial charge in [-0.25, -0.2) is 0 Å². The van der Waals surface area contributed by atoms with Gasteiger partial charge in [-0.3, -0.25) is 0 Å². The number of allylic oxidation sites excluding steroid dienone is 1. The van der Waals surface area contributed by atoms with E-state index in [1.165, 1.54) is 12.2 Å². The molecule has 0 bridgehead atoms. The lowest BCUT2D eigenvalue weighted by Gasteiger charge is -2.26. The molecule has 0 saturated carbocycles. The second-order valence-electron chi connectivity index (χ2n) is 3.99. The fraction of sp³-hybridized carbons (Fsp3) is 0.778. The third-order valence-corrected chi connectivity index (χ3v) is 4.72. The van der Waals surface area contributed by atoms with Crippen molar-refractivity contribution >= 4 is 8.07 Å². The van der Waals surface area contributed by atoms with Gasteiger partial charge in [0.2, 0.25) is 0 Å². The van der Waals surface area contributed by atoms with Gasteiger partial charge in [0.15, 0.2) is 0 Å². The summed E-state index contributed by atoms with van der Waals surface area (Å²) in [6, 6.07) is 1.23. The second-order valence-corrected chi connectivity index (χ2v) is 9.04. The van der Waals surface area contributed by atoms with E-state index in [1.54, 1.807) is 0 Å². The molecule has 0 fully saturated rings. The summed E-state index contributed by atoms with van der Waals surface area (Å²) >= 11 is 0. The molecular weight excluding hydrogens is 150 g/mol. The van der Waals surface area contributed by atoms with Crippen molar-refractivity contribution in [2.45, 2.75) is 26.1 Å². The summed E-state index contributed by atoms with van der Waals surface area (Å²) in [6.07, 6.45) is 3.35. The lowest BCUT2D eigenvalue weighted by atomic mass is 10.7. The average molecular weight is 171 g/mol. The maximum Gasteiger partial charge on any atom is 0.0666 e. The number of nitrogens with zero attached hydrogens (tertiary/aromatic N) is 1. The highest BCUT2D eigenvalue weighted by atomic mass is 28.3. The highest BCUT2D eigenvalue weighted by Gasteiger charge is 2.19. The van der Waals surface area contributed by atoms with Crippen LogP contribution < -0.4 is 0 Å². The molecule has 0 unspecified atom stereocenters. The van der Waals surface area contributed by atoms with Crippen molar-refractivity contribution in [2.24, 2.45) is 0 Å². The molecule has 11 heavy (non-hydrogen) atoms. The molecule has 1 nitrogen and oxygen atoms in total. The molecule has 0 aromatic heterocycles. The van der Waals surface area contributed by atoms with Crippen molar-refractivity contribution in [3.05, 3.63) is 12.7 Å². The van der Waals surface area contributed by atoms with Crippen LogP contribution in [0, 0.1) is 0 Å². The zero-order valence-electron chi connectivity index (χ0n) is 8.35. The topological polar surface area (TPSA) is 3.24 Å². The largest absolute Gasteiger partial charge is 0.309 e. The summed E-state index contributed by atoms with van der Waals surface area (Å²) < 4.78 is 0. The average Bonchev–Trinajstić information content (AvgIpc) is 1.86. The van der Waals surface area contributed by atoms with Crippen LogP contribution in [0.2, 0.25) is 19.1 Å². The van der Waals surface area contributed by atoms with Crippen molar-refractivity contribution in [3.63, 3.8) is 0 Å². The molecule has 0 radical (unpaired) electrons. The van der Waals surface area contributed by atoms with Gasteiger partial charge in [0.05, 0.1) is 8.07 Å². The van der Waals surface area contributed by atoms with E-state index in [9.17, 15) is 0 Å². The van der Waals surface area contributed by atoms with Crippen LogP contribution in [0.15, 0.2) is 12.7 Å². The van der Waals surface area contributed by atoms with Gasteiger partial charge < -0.3 is 4.90 Å². The zero-order valence-corrected chi connectivity index (χ0v) is 9.35. The van der Waals surface area contributed by atoms with Crippen molar-refractivity contribution < 1.29 is 0 Å². The molecule has 0 aromatic rings. The Morgan fingerprint density at radius 1 is 1.45 bits per heavy atom. The van der Waals surface area contributed by atoms with E-state index in [2.05, 4.69) is 44.6 Å². The van der Waals surface area contributed by atoms with Crippen molar-refractivity contribution in [3.8, 4) is 0 Å².